The average molecular weight is 329 g/mol. The molecule has 6 heteroatoms. The number of rotatable bonds is 8. The first kappa shape index (κ1) is 18.7. The standard InChI is InChI=1S/C16H25ClN2O3/c1-11(2)15(13-6-4-5-7-14(13)17)19-16(21)18-9-8-12(20)10-22-3/h4-7,11-12,15,20H,8-10H2,1-3H3,(H2,18,19,21). The number of benzene rings is 1. The third-order valence-electron chi connectivity index (χ3n) is 3.32. The monoisotopic (exact) mass is 328 g/mol. The Morgan fingerprint density at radius 2 is 2.05 bits per heavy atom. The number of urea groups is 1. The number of amides is 2. The molecule has 1 rings (SSSR count). The highest BCUT2D eigenvalue weighted by Gasteiger charge is 2.20. The van der Waals surface area contributed by atoms with Crippen LogP contribution in [0, 0.1) is 5.92 Å². The SMILES string of the molecule is COCC(O)CCNC(=O)NC(c1ccccc1Cl)C(C)C. The first-order valence-electron chi connectivity index (χ1n) is 7.41. The summed E-state index contributed by atoms with van der Waals surface area (Å²) in [6.45, 7) is 4.69. The number of carbonyl (C=O) groups is 1. The second-order valence-corrected chi connectivity index (χ2v) is 5.95. The summed E-state index contributed by atoms with van der Waals surface area (Å²) >= 11 is 6.21. The van der Waals surface area contributed by atoms with Crippen LogP contribution in [0.15, 0.2) is 24.3 Å². The van der Waals surface area contributed by atoms with Crippen LogP contribution in [0.2, 0.25) is 5.02 Å². The largest absolute Gasteiger partial charge is 0.391 e. The highest BCUT2D eigenvalue weighted by molar-refractivity contribution is 6.31. The Bertz CT molecular complexity index is 468. The second-order valence-electron chi connectivity index (χ2n) is 5.54. The van der Waals surface area contributed by atoms with E-state index in [1.807, 2.05) is 38.1 Å². The van der Waals surface area contributed by atoms with Gasteiger partial charge < -0.3 is 20.5 Å². The molecule has 2 unspecified atom stereocenters. The summed E-state index contributed by atoms with van der Waals surface area (Å²) in [5.74, 6) is 0.199. The average Bonchev–Trinajstić information content (AvgIpc) is 2.45. The van der Waals surface area contributed by atoms with Crippen LogP contribution < -0.4 is 10.6 Å². The fourth-order valence-electron chi connectivity index (χ4n) is 2.15. The van der Waals surface area contributed by atoms with E-state index in [1.54, 1.807) is 0 Å². The van der Waals surface area contributed by atoms with Crippen LogP contribution in [-0.2, 0) is 4.74 Å². The number of halogens is 1. The molecule has 0 aliphatic carbocycles. The van der Waals surface area contributed by atoms with Crippen molar-refractivity contribution in [2.24, 2.45) is 5.92 Å². The molecule has 124 valence electrons. The number of aliphatic hydroxyl groups excluding tert-OH is 1. The zero-order valence-corrected chi connectivity index (χ0v) is 14.1. The van der Waals surface area contributed by atoms with Crippen molar-refractivity contribution in [3.05, 3.63) is 34.9 Å². The molecule has 1 aromatic carbocycles. The molecule has 0 aromatic heterocycles. The first-order valence-corrected chi connectivity index (χ1v) is 7.79. The molecule has 0 aliphatic heterocycles. The molecule has 0 saturated carbocycles. The van der Waals surface area contributed by atoms with Gasteiger partial charge in [-0.1, -0.05) is 43.6 Å². The Morgan fingerprint density at radius 1 is 1.36 bits per heavy atom. The second kappa shape index (κ2) is 9.66. The lowest BCUT2D eigenvalue weighted by Crippen LogP contribution is -2.41. The quantitative estimate of drug-likeness (QED) is 0.687. The van der Waals surface area contributed by atoms with Crippen molar-refractivity contribution < 1.29 is 14.6 Å². The minimum Gasteiger partial charge on any atom is -0.391 e. The van der Waals surface area contributed by atoms with E-state index < -0.39 is 6.10 Å². The highest BCUT2D eigenvalue weighted by atomic mass is 35.5. The van der Waals surface area contributed by atoms with Gasteiger partial charge >= 0.3 is 6.03 Å². The summed E-state index contributed by atoms with van der Waals surface area (Å²) in [6.07, 6.45) is -0.130. The van der Waals surface area contributed by atoms with E-state index in [-0.39, 0.29) is 24.6 Å². The van der Waals surface area contributed by atoms with E-state index in [9.17, 15) is 9.90 Å². The molecule has 0 bridgehead atoms. The van der Waals surface area contributed by atoms with Gasteiger partial charge in [0.1, 0.15) is 0 Å². The molecule has 0 radical (unpaired) electrons. The van der Waals surface area contributed by atoms with Crippen LogP contribution in [0.1, 0.15) is 31.9 Å². The highest BCUT2D eigenvalue weighted by Crippen LogP contribution is 2.27. The lowest BCUT2D eigenvalue weighted by Gasteiger charge is -2.24. The van der Waals surface area contributed by atoms with Crippen molar-refractivity contribution in [2.75, 3.05) is 20.3 Å². The summed E-state index contributed by atoms with van der Waals surface area (Å²) < 4.78 is 4.84. The van der Waals surface area contributed by atoms with E-state index in [0.29, 0.717) is 18.0 Å². The fraction of sp³-hybridized carbons (Fsp3) is 0.562. The first-order chi connectivity index (χ1) is 10.5. The van der Waals surface area contributed by atoms with Crippen LogP contribution in [0.3, 0.4) is 0 Å². The van der Waals surface area contributed by atoms with Crippen molar-refractivity contribution in [3.63, 3.8) is 0 Å². The minimum absolute atomic E-state index is 0.169. The van der Waals surface area contributed by atoms with Crippen molar-refractivity contribution >= 4 is 17.6 Å². The van der Waals surface area contributed by atoms with Gasteiger partial charge in [-0.25, -0.2) is 4.79 Å². The van der Waals surface area contributed by atoms with E-state index in [1.165, 1.54) is 7.11 Å². The molecular formula is C16H25ClN2O3. The summed E-state index contributed by atoms with van der Waals surface area (Å²) in [5, 5.41) is 15.8. The maximum absolute atomic E-state index is 12.0. The van der Waals surface area contributed by atoms with Crippen molar-refractivity contribution in [2.45, 2.75) is 32.4 Å². The molecule has 0 heterocycles. The Balaban J connectivity index is 2.54. The van der Waals surface area contributed by atoms with Crippen LogP contribution in [0.25, 0.3) is 0 Å². The number of carbonyl (C=O) groups excluding carboxylic acids is 1. The maximum atomic E-state index is 12.0. The summed E-state index contributed by atoms with van der Waals surface area (Å²) in [4.78, 5) is 12.0. The van der Waals surface area contributed by atoms with Gasteiger partial charge in [0.15, 0.2) is 0 Å². The molecule has 2 atom stereocenters. The van der Waals surface area contributed by atoms with E-state index in [4.69, 9.17) is 16.3 Å². The minimum atomic E-state index is -0.574. The molecule has 2 amide bonds. The van der Waals surface area contributed by atoms with Gasteiger partial charge in [-0.15, -0.1) is 0 Å². The number of nitrogens with one attached hydrogen (secondary N) is 2. The Morgan fingerprint density at radius 3 is 2.64 bits per heavy atom. The van der Waals surface area contributed by atoms with Crippen LogP contribution in [-0.4, -0.2) is 37.5 Å². The molecule has 0 spiro atoms. The zero-order valence-electron chi connectivity index (χ0n) is 13.3. The number of methoxy groups -OCH3 is 1. The molecule has 22 heavy (non-hydrogen) atoms. The maximum Gasteiger partial charge on any atom is 0.315 e. The van der Waals surface area contributed by atoms with Gasteiger partial charge in [-0.3, -0.25) is 0 Å². The normalized spacial score (nSPS) is 13.7. The van der Waals surface area contributed by atoms with Crippen LogP contribution >= 0.6 is 11.6 Å². The van der Waals surface area contributed by atoms with Gasteiger partial charge in [0.25, 0.3) is 0 Å². The van der Waals surface area contributed by atoms with Gasteiger partial charge in [0.2, 0.25) is 0 Å². The van der Waals surface area contributed by atoms with Crippen molar-refractivity contribution in [3.8, 4) is 0 Å². The van der Waals surface area contributed by atoms with Crippen LogP contribution in [0.4, 0.5) is 4.79 Å². The topological polar surface area (TPSA) is 70.6 Å². The van der Waals surface area contributed by atoms with Crippen molar-refractivity contribution in [1.29, 1.82) is 0 Å². The molecule has 3 N–H and O–H groups in total. The molecule has 0 saturated heterocycles. The zero-order chi connectivity index (χ0) is 16.5. The lowest BCUT2D eigenvalue weighted by atomic mass is 9.96. The molecule has 0 fully saturated rings. The van der Waals surface area contributed by atoms with Gasteiger partial charge in [-0.2, -0.15) is 0 Å². The summed E-state index contributed by atoms with van der Waals surface area (Å²) in [7, 11) is 1.53. The molecule has 0 aliphatic rings. The van der Waals surface area contributed by atoms with Gasteiger partial charge in [-0.05, 0) is 24.0 Å². The number of ether oxygens (including phenoxy) is 1. The van der Waals surface area contributed by atoms with Crippen molar-refractivity contribution in [1.82, 2.24) is 10.6 Å². The number of hydrogen-bond donors (Lipinski definition) is 3. The van der Waals surface area contributed by atoms with E-state index in [2.05, 4.69) is 10.6 Å². The Labute approximate surface area is 137 Å². The Hall–Kier alpha value is -1.30. The predicted molar refractivity (Wildman–Crippen MR) is 88.1 cm³/mol. The van der Waals surface area contributed by atoms with Crippen LogP contribution in [0.5, 0.6) is 0 Å². The number of aliphatic hydroxyl groups is 1. The third kappa shape index (κ3) is 6.22. The smallest absolute Gasteiger partial charge is 0.315 e. The van der Waals surface area contributed by atoms with E-state index in [0.717, 1.165) is 5.56 Å². The lowest BCUT2D eigenvalue weighted by molar-refractivity contribution is 0.0598. The summed E-state index contributed by atoms with van der Waals surface area (Å²) in [5.41, 5.74) is 0.897. The molecular weight excluding hydrogens is 304 g/mol. The van der Waals surface area contributed by atoms with Gasteiger partial charge in [0, 0.05) is 18.7 Å². The van der Waals surface area contributed by atoms with Gasteiger partial charge in [0.05, 0.1) is 18.8 Å². The Kier molecular flexibility index (Phi) is 8.24. The molecule has 5 nitrogen and oxygen atoms in total. The summed E-state index contributed by atoms with van der Waals surface area (Å²) in [6, 6.07) is 7.04. The fourth-order valence-corrected chi connectivity index (χ4v) is 2.40. The van der Waals surface area contributed by atoms with E-state index >= 15 is 0 Å². The predicted octanol–water partition coefficient (Wildman–Crippen LogP) is 2.73. The number of hydrogen-bond acceptors (Lipinski definition) is 3. The molecule has 1 aromatic rings. The third-order valence-corrected chi connectivity index (χ3v) is 3.66.